The lowest BCUT2D eigenvalue weighted by Gasteiger charge is -2.22. The van der Waals surface area contributed by atoms with Gasteiger partial charge in [-0.3, -0.25) is 19.7 Å². The molecule has 0 radical (unpaired) electrons. The van der Waals surface area contributed by atoms with Crippen molar-refractivity contribution in [1.82, 2.24) is 10.6 Å². The van der Waals surface area contributed by atoms with Gasteiger partial charge in [-0.2, -0.15) is 0 Å². The van der Waals surface area contributed by atoms with Crippen molar-refractivity contribution in [3.63, 3.8) is 0 Å². The molecule has 1 fully saturated rings. The predicted molar refractivity (Wildman–Crippen MR) is 67.0 cm³/mol. The van der Waals surface area contributed by atoms with Gasteiger partial charge in [-0.25, -0.2) is 9.18 Å². The van der Waals surface area contributed by atoms with Gasteiger partial charge in [0, 0.05) is 6.42 Å². The molecule has 3 amide bonds. The summed E-state index contributed by atoms with van der Waals surface area (Å²) in [6.07, 6.45) is 0.118. The molecule has 1 heterocycles. The van der Waals surface area contributed by atoms with Crippen molar-refractivity contribution in [2.75, 3.05) is 0 Å². The number of carbonyl (C=O) groups excluding carboxylic acids is 3. The zero-order valence-electron chi connectivity index (χ0n) is 10.7. The molecule has 1 atom stereocenters. The highest BCUT2D eigenvalue weighted by Gasteiger charge is 2.30. The molecule has 0 bridgehead atoms. The highest BCUT2D eigenvalue weighted by Crippen LogP contribution is 2.15. The van der Waals surface area contributed by atoms with E-state index in [1.54, 1.807) is 0 Å². The van der Waals surface area contributed by atoms with Crippen molar-refractivity contribution < 1.29 is 28.7 Å². The molecular formula is C13H11FN2O5. The normalized spacial score (nSPS) is 18.0. The molecule has 0 spiro atoms. The Morgan fingerprint density at radius 1 is 1.33 bits per heavy atom. The smallest absolute Gasteiger partial charge is 0.336 e. The Bertz CT molecular complexity index is 643. The quantitative estimate of drug-likeness (QED) is 0.682. The number of rotatable bonds is 3. The minimum atomic E-state index is -1.46. The maximum atomic E-state index is 13.7. The van der Waals surface area contributed by atoms with Gasteiger partial charge >= 0.3 is 5.97 Å². The maximum absolute atomic E-state index is 13.7. The highest BCUT2D eigenvalue weighted by atomic mass is 19.1. The predicted octanol–water partition coefficient (Wildman–Crippen LogP) is 0.0589. The number of benzene rings is 1. The Morgan fingerprint density at radius 2 is 2.05 bits per heavy atom. The molecule has 0 saturated carbocycles. The van der Waals surface area contributed by atoms with Crippen molar-refractivity contribution in [2.24, 2.45) is 0 Å². The SMILES string of the molecule is O=C1CC[C@H](NC(=O)c2c(F)cccc2C(=O)O)C(=O)N1. The fourth-order valence-electron chi connectivity index (χ4n) is 1.99. The van der Waals surface area contributed by atoms with Gasteiger partial charge in [0.05, 0.1) is 11.1 Å². The van der Waals surface area contributed by atoms with Crippen molar-refractivity contribution >= 4 is 23.7 Å². The summed E-state index contributed by atoms with van der Waals surface area (Å²) >= 11 is 0. The van der Waals surface area contributed by atoms with Crippen LogP contribution in [0, 0.1) is 5.82 Å². The number of carbonyl (C=O) groups is 4. The van der Waals surface area contributed by atoms with Crippen LogP contribution in [0.15, 0.2) is 18.2 Å². The van der Waals surface area contributed by atoms with Gasteiger partial charge in [0.15, 0.2) is 0 Å². The van der Waals surface area contributed by atoms with E-state index in [0.29, 0.717) is 0 Å². The van der Waals surface area contributed by atoms with Crippen molar-refractivity contribution in [3.05, 3.63) is 35.1 Å². The minimum Gasteiger partial charge on any atom is -0.478 e. The van der Waals surface area contributed by atoms with Crippen molar-refractivity contribution in [2.45, 2.75) is 18.9 Å². The summed E-state index contributed by atoms with van der Waals surface area (Å²) in [5, 5.41) is 13.2. The van der Waals surface area contributed by atoms with Crippen molar-refractivity contribution in [1.29, 1.82) is 0 Å². The Kier molecular flexibility index (Phi) is 3.97. The van der Waals surface area contributed by atoms with Crippen LogP contribution >= 0.6 is 0 Å². The summed E-state index contributed by atoms with van der Waals surface area (Å²) in [5.41, 5.74) is -1.14. The molecule has 1 aromatic rings. The molecule has 2 rings (SSSR count). The lowest BCUT2D eigenvalue weighted by molar-refractivity contribution is -0.134. The summed E-state index contributed by atoms with van der Waals surface area (Å²) in [6, 6.07) is 2.20. The van der Waals surface area contributed by atoms with E-state index in [2.05, 4.69) is 5.32 Å². The molecule has 3 N–H and O–H groups in total. The lowest BCUT2D eigenvalue weighted by Crippen LogP contribution is -2.52. The number of halogens is 1. The zero-order chi connectivity index (χ0) is 15.6. The molecule has 1 saturated heterocycles. The van der Waals surface area contributed by atoms with Crippen LogP contribution in [0.5, 0.6) is 0 Å². The van der Waals surface area contributed by atoms with Crippen LogP contribution in [0.3, 0.4) is 0 Å². The number of carboxylic acid groups (broad SMARTS) is 1. The monoisotopic (exact) mass is 294 g/mol. The first-order chi connectivity index (χ1) is 9.90. The summed E-state index contributed by atoms with van der Waals surface area (Å²) in [7, 11) is 0. The van der Waals surface area contributed by atoms with E-state index >= 15 is 0 Å². The number of amides is 3. The van der Waals surface area contributed by atoms with E-state index in [1.165, 1.54) is 6.07 Å². The average molecular weight is 294 g/mol. The first kappa shape index (κ1) is 14.6. The second-order valence-electron chi connectivity index (χ2n) is 4.44. The summed E-state index contributed by atoms with van der Waals surface area (Å²) in [4.78, 5) is 45.5. The first-order valence-corrected chi connectivity index (χ1v) is 6.06. The van der Waals surface area contributed by atoms with Crippen LogP contribution in [-0.4, -0.2) is 34.8 Å². The zero-order valence-corrected chi connectivity index (χ0v) is 10.7. The van der Waals surface area contributed by atoms with Crippen LogP contribution in [0.2, 0.25) is 0 Å². The third-order valence-electron chi connectivity index (χ3n) is 3.02. The van der Waals surface area contributed by atoms with Crippen LogP contribution in [-0.2, 0) is 9.59 Å². The number of imide groups is 1. The van der Waals surface area contributed by atoms with E-state index in [0.717, 1.165) is 12.1 Å². The van der Waals surface area contributed by atoms with Gasteiger partial charge in [0.25, 0.3) is 5.91 Å². The molecule has 110 valence electrons. The van der Waals surface area contributed by atoms with E-state index < -0.39 is 46.7 Å². The molecule has 0 aliphatic carbocycles. The van der Waals surface area contributed by atoms with Crippen LogP contribution < -0.4 is 10.6 Å². The van der Waals surface area contributed by atoms with Gasteiger partial charge in [0.1, 0.15) is 11.9 Å². The van der Waals surface area contributed by atoms with Crippen LogP contribution in [0.1, 0.15) is 33.6 Å². The molecule has 21 heavy (non-hydrogen) atoms. The Balaban J connectivity index is 2.23. The first-order valence-electron chi connectivity index (χ1n) is 6.06. The molecule has 8 heteroatoms. The maximum Gasteiger partial charge on any atom is 0.336 e. The standard InChI is InChI=1S/C13H11FN2O5/c14-7-3-1-2-6(13(20)21)10(7)12(19)15-8-4-5-9(17)16-11(8)18/h1-3,8H,4-5H2,(H,15,19)(H,20,21)(H,16,17,18)/t8-/m0/s1. The number of hydrogen-bond acceptors (Lipinski definition) is 4. The molecule has 7 nitrogen and oxygen atoms in total. The summed E-state index contributed by atoms with van der Waals surface area (Å²) < 4.78 is 13.7. The van der Waals surface area contributed by atoms with Gasteiger partial charge in [-0.15, -0.1) is 0 Å². The van der Waals surface area contributed by atoms with E-state index in [-0.39, 0.29) is 12.8 Å². The largest absolute Gasteiger partial charge is 0.478 e. The van der Waals surface area contributed by atoms with Gasteiger partial charge in [-0.05, 0) is 18.6 Å². The fourth-order valence-corrected chi connectivity index (χ4v) is 1.99. The van der Waals surface area contributed by atoms with Gasteiger partial charge in [0.2, 0.25) is 11.8 Å². The molecule has 1 aliphatic rings. The van der Waals surface area contributed by atoms with E-state index in [9.17, 15) is 23.6 Å². The number of carboxylic acids is 1. The molecule has 1 aromatic carbocycles. The fraction of sp³-hybridized carbons (Fsp3) is 0.231. The Labute approximate surface area is 118 Å². The third-order valence-corrected chi connectivity index (χ3v) is 3.02. The van der Waals surface area contributed by atoms with E-state index in [4.69, 9.17) is 5.11 Å². The van der Waals surface area contributed by atoms with Crippen LogP contribution in [0.25, 0.3) is 0 Å². The Morgan fingerprint density at radius 3 is 2.67 bits per heavy atom. The van der Waals surface area contributed by atoms with Crippen molar-refractivity contribution in [3.8, 4) is 0 Å². The molecule has 0 aromatic heterocycles. The average Bonchev–Trinajstić information content (AvgIpc) is 2.41. The van der Waals surface area contributed by atoms with Gasteiger partial charge in [-0.1, -0.05) is 6.07 Å². The number of aromatic carboxylic acids is 1. The number of hydrogen-bond donors (Lipinski definition) is 3. The highest BCUT2D eigenvalue weighted by molar-refractivity contribution is 6.07. The summed E-state index contributed by atoms with van der Waals surface area (Å²) in [6.45, 7) is 0. The van der Waals surface area contributed by atoms with E-state index in [1.807, 2.05) is 5.32 Å². The minimum absolute atomic E-state index is 0.0414. The Hall–Kier alpha value is -2.77. The summed E-state index contributed by atoms with van der Waals surface area (Å²) in [5.74, 6) is -4.63. The van der Waals surface area contributed by atoms with Crippen LogP contribution in [0.4, 0.5) is 4.39 Å². The van der Waals surface area contributed by atoms with Gasteiger partial charge < -0.3 is 10.4 Å². The molecular weight excluding hydrogens is 283 g/mol. The third kappa shape index (κ3) is 3.04. The number of piperidine rings is 1. The second kappa shape index (κ2) is 5.70. The lowest BCUT2D eigenvalue weighted by atomic mass is 10.0. The topological polar surface area (TPSA) is 113 Å². The second-order valence-corrected chi connectivity index (χ2v) is 4.44. The number of nitrogens with one attached hydrogen (secondary N) is 2. The molecule has 0 unspecified atom stereocenters. The molecule has 1 aliphatic heterocycles.